The van der Waals surface area contributed by atoms with Crippen LogP contribution >= 0.6 is 8.75 Å². The first-order chi connectivity index (χ1) is 4.58. The molecule has 0 aliphatic rings. The second-order valence-electron chi connectivity index (χ2n) is 5.55. The summed E-state index contributed by atoms with van der Waals surface area (Å²) >= 11 is 0. The predicted molar refractivity (Wildman–Crippen MR) is 61.4 cm³/mol. The molecule has 0 saturated carbocycles. The first-order valence-electron chi connectivity index (χ1n) is 4.28. The van der Waals surface area contributed by atoms with E-state index in [1.54, 1.807) is 0 Å². The van der Waals surface area contributed by atoms with E-state index in [0.717, 1.165) is 11.8 Å². The van der Waals surface area contributed by atoms with Crippen LogP contribution in [0.25, 0.3) is 0 Å². The number of rotatable bonds is 3. The van der Waals surface area contributed by atoms with Gasteiger partial charge < -0.3 is 0 Å². The highest BCUT2D eigenvalue weighted by molar-refractivity contribution is 8.45. The fraction of sp³-hybridized carbons (Fsp3) is 0.900. The maximum Gasteiger partial charge on any atom is -0.0239 e. The Morgan fingerprint density at radius 2 is 1.45 bits per heavy atom. The van der Waals surface area contributed by atoms with Crippen molar-refractivity contribution in [2.45, 2.75) is 20.8 Å². The van der Waals surface area contributed by atoms with Crippen molar-refractivity contribution in [1.82, 2.24) is 0 Å². The number of hydrogen-bond donors (Lipinski definition) is 0. The molecule has 0 aliphatic carbocycles. The topological polar surface area (TPSA) is 0 Å². The molecule has 0 amide bonds. The van der Waals surface area contributed by atoms with Crippen molar-refractivity contribution in [2.24, 2.45) is 11.8 Å². The van der Waals surface area contributed by atoms with Gasteiger partial charge in [0, 0.05) is 0 Å². The van der Waals surface area contributed by atoms with Gasteiger partial charge in [0.15, 0.2) is 0 Å². The molecule has 1 unspecified atom stereocenters. The highest BCUT2D eigenvalue weighted by Crippen LogP contribution is 2.47. The van der Waals surface area contributed by atoms with Gasteiger partial charge in [0.25, 0.3) is 0 Å². The van der Waals surface area contributed by atoms with Crippen LogP contribution < -0.4 is 0 Å². The molecular formula is C10H24S. The molecule has 0 bridgehead atoms. The van der Waals surface area contributed by atoms with Gasteiger partial charge in [0.2, 0.25) is 0 Å². The Morgan fingerprint density at radius 1 is 1.09 bits per heavy atom. The predicted octanol–water partition coefficient (Wildman–Crippen LogP) is 2.94. The molecule has 0 aromatic carbocycles. The van der Waals surface area contributed by atoms with Crippen LogP contribution in [0.5, 0.6) is 0 Å². The minimum atomic E-state index is -1.26. The lowest BCUT2D eigenvalue weighted by molar-refractivity contribution is 0.463. The molecule has 0 aromatic heterocycles. The molecule has 0 rings (SSSR count). The fourth-order valence-corrected chi connectivity index (χ4v) is 3.50. The van der Waals surface area contributed by atoms with Gasteiger partial charge in [-0.3, -0.25) is 8.75 Å². The van der Waals surface area contributed by atoms with Gasteiger partial charge in [0.05, 0.1) is 0 Å². The molecule has 0 heterocycles. The Hall–Kier alpha value is 0.220. The molecule has 1 heteroatoms. The molecule has 70 valence electrons. The Bertz CT molecular complexity index is 172. The SMILES string of the molecule is C=S(C)(C)(C)CC(C)C(C)C. The fourth-order valence-electron chi connectivity index (χ4n) is 1.17. The second-order valence-corrected chi connectivity index (χ2v) is 12.2. The molecule has 0 nitrogen and oxygen atoms in total. The molecule has 0 N–H and O–H groups in total. The van der Waals surface area contributed by atoms with Crippen LogP contribution in [0, 0.1) is 11.8 Å². The van der Waals surface area contributed by atoms with E-state index in [1.807, 2.05) is 0 Å². The van der Waals surface area contributed by atoms with E-state index in [2.05, 4.69) is 45.4 Å². The van der Waals surface area contributed by atoms with Crippen molar-refractivity contribution in [3.05, 3.63) is 0 Å². The Balaban J connectivity index is 4.18. The Kier molecular flexibility index (Phi) is 2.99. The summed E-state index contributed by atoms with van der Waals surface area (Å²) in [6.45, 7) is 6.93. The smallest absolute Gasteiger partial charge is 0.0239 e. The zero-order valence-electron chi connectivity index (χ0n) is 8.98. The third-order valence-corrected chi connectivity index (χ3v) is 3.78. The highest BCUT2D eigenvalue weighted by Gasteiger charge is 2.17. The first-order valence-corrected chi connectivity index (χ1v) is 7.88. The summed E-state index contributed by atoms with van der Waals surface area (Å²) in [6.07, 6.45) is 6.99. The summed E-state index contributed by atoms with van der Waals surface area (Å²) in [5, 5.41) is 0. The summed E-state index contributed by atoms with van der Waals surface area (Å²) in [4.78, 5) is 0. The molecule has 1 atom stereocenters. The minimum Gasteiger partial charge on any atom is -0.258 e. The van der Waals surface area contributed by atoms with E-state index in [1.165, 1.54) is 5.75 Å². The average Bonchev–Trinajstić information content (AvgIpc) is 1.57. The van der Waals surface area contributed by atoms with Gasteiger partial charge in [-0.05, 0) is 36.4 Å². The van der Waals surface area contributed by atoms with Crippen molar-refractivity contribution in [3.63, 3.8) is 0 Å². The van der Waals surface area contributed by atoms with Crippen LogP contribution in [0.15, 0.2) is 0 Å². The van der Waals surface area contributed by atoms with Crippen LogP contribution in [-0.2, 0) is 0 Å². The Morgan fingerprint density at radius 3 is 1.55 bits per heavy atom. The van der Waals surface area contributed by atoms with Gasteiger partial charge in [-0.2, -0.15) is 0 Å². The molecule has 0 aliphatic heterocycles. The van der Waals surface area contributed by atoms with Gasteiger partial charge in [-0.15, -0.1) is 0 Å². The van der Waals surface area contributed by atoms with Crippen molar-refractivity contribution < 1.29 is 0 Å². The third-order valence-electron chi connectivity index (χ3n) is 2.02. The summed E-state index contributed by atoms with van der Waals surface area (Å²) in [6, 6.07) is 0. The molecule has 0 spiro atoms. The summed E-state index contributed by atoms with van der Waals surface area (Å²) < 4.78 is 0. The van der Waals surface area contributed by atoms with Gasteiger partial charge in [-0.25, -0.2) is 0 Å². The highest BCUT2D eigenvalue weighted by atomic mass is 32.3. The molecule has 0 saturated heterocycles. The second kappa shape index (κ2) is 2.93. The van der Waals surface area contributed by atoms with E-state index in [4.69, 9.17) is 0 Å². The molecule has 0 fully saturated rings. The lowest BCUT2D eigenvalue weighted by Crippen LogP contribution is -2.18. The van der Waals surface area contributed by atoms with Crippen LogP contribution in [0.2, 0.25) is 0 Å². The third kappa shape index (κ3) is 6.61. The quantitative estimate of drug-likeness (QED) is 0.580. The van der Waals surface area contributed by atoms with Crippen molar-refractivity contribution in [3.8, 4) is 0 Å². The first kappa shape index (κ1) is 11.2. The number of hydrogen-bond acceptors (Lipinski definition) is 0. The van der Waals surface area contributed by atoms with Crippen molar-refractivity contribution in [1.29, 1.82) is 0 Å². The van der Waals surface area contributed by atoms with E-state index in [9.17, 15) is 0 Å². The molecular weight excluding hydrogens is 152 g/mol. The maximum atomic E-state index is 4.33. The summed E-state index contributed by atoms with van der Waals surface area (Å²) in [5.74, 6) is 7.25. The van der Waals surface area contributed by atoms with Crippen LogP contribution in [0.1, 0.15) is 20.8 Å². The lowest BCUT2D eigenvalue weighted by Gasteiger charge is -2.39. The zero-order valence-corrected chi connectivity index (χ0v) is 9.79. The zero-order chi connectivity index (χ0) is 9.31. The van der Waals surface area contributed by atoms with Gasteiger partial charge >= 0.3 is 0 Å². The summed E-state index contributed by atoms with van der Waals surface area (Å²) in [5.41, 5.74) is 0. The van der Waals surface area contributed by atoms with Crippen LogP contribution in [-0.4, -0.2) is 30.4 Å². The van der Waals surface area contributed by atoms with E-state index in [-0.39, 0.29) is 0 Å². The molecule has 0 aromatic rings. The van der Waals surface area contributed by atoms with Gasteiger partial charge in [0.1, 0.15) is 0 Å². The van der Waals surface area contributed by atoms with Gasteiger partial charge in [-0.1, -0.05) is 26.6 Å². The molecule has 11 heavy (non-hydrogen) atoms. The van der Waals surface area contributed by atoms with E-state index in [0.29, 0.717) is 0 Å². The van der Waals surface area contributed by atoms with Crippen molar-refractivity contribution in [2.75, 3.05) is 24.5 Å². The van der Waals surface area contributed by atoms with Crippen LogP contribution in [0.4, 0.5) is 0 Å². The largest absolute Gasteiger partial charge is 0.258 e. The van der Waals surface area contributed by atoms with E-state index < -0.39 is 8.75 Å². The minimum absolute atomic E-state index is 0.798. The van der Waals surface area contributed by atoms with Crippen molar-refractivity contribution >= 4 is 14.6 Å². The normalized spacial score (nSPS) is 19.4. The standard InChI is InChI=1S/C10H24S/c1-9(2)10(3)8-11(4,5,6)7/h9-10H,4,8H2,1-3,5-7H3. The molecule has 0 radical (unpaired) electrons. The summed E-state index contributed by atoms with van der Waals surface area (Å²) in [7, 11) is -1.26. The average molecular weight is 176 g/mol. The lowest BCUT2D eigenvalue weighted by atomic mass is 10.0. The van der Waals surface area contributed by atoms with E-state index >= 15 is 0 Å². The van der Waals surface area contributed by atoms with Crippen LogP contribution in [0.3, 0.4) is 0 Å². The Labute approximate surface area is 72.3 Å². The maximum absolute atomic E-state index is 4.33. The monoisotopic (exact) mass is 176 g/mol.